The van der Waals surface area contributed by atoms with Crippen LogP contribution in [-0.4, -0.2) is 23.9 Å². The van der Waals surface area contributed by atoms with Crippen LogP contribution in [0.25, 0.3) is 32.7 Å². The number of amides is 1. The third-order valence-corrected chi connectivity index (χ3v) is 7.41. The zero-order valence-electron chi connectivity index (χ0n) is 18.4. The minimum absolute atomic E-state index is 0.170. The summed E-state index contributed by atoms with van der Waals surface area (Å²) in [5, 5.41) is 0. The lowest BCUT2D eigenvalue weighted by atomic mass is 9.92. The molecule has 2 nitrogen and oxygen atoms in total. The van der Waals surface area contributed by atoms with E-state index < -0.39 is 0 Å². The quantitative estimate of drug-likeness (QED) is 0.320. The van der Waals surface area contributed by atoms with Crippen molar-refractivity contribution in [1.29, 1.82) is 0 Å². The van der Waals surface area contributed by atoms with Crippen LogP contribution in [0.3, 0.4) is 0 Å². The fourth-order valence-corrected chi connectivity index (χ4v) is 5.81. The van der Waals surface area contributed by atoms with Crippen molar-refractivity contribution in [3.63, 3.8) is 0 Å². The van der Waals surface area contributed by atoms with Crippen LogP contribution in [0.15, 0.2) is 84.9 Å². The molecule has 0 unspecified atom stereocenters. The minimum atomic E-state index is 0.170. The molecule has 0 aliphatic carbocycles. The van der Waals surface area contributed by atoms with Crippen molar-refractivity contribution in [2.45, 2.75) is 26.2 Å². The van der Waals surface area contributed by atoms with Gasteiger partial charge in [0.25, 0.3) is 5.91 Å². The predicted octanol–water partition coefficient (Wildman–Crippen LogP) is 7.68. The van der Waals surface area contributed by atoms with Crippen LogP contribution in [0.4, 0.5) is 0 Å². The normalized spacial score (nSPS) is 13.8. The number of thiophene rings is 1. The fraction of sp³-hybridized carbons (Fsp3) is 0.207. The maximum absolute atomic E-state index is 13.8. The summed E-state index contributed by atoms with van der Waals surface area (Å²) in [5.41, 5.74) is 6.87. The molecule has 1 saturated heterocycles. The van der Waals surface area contributed by atoms with Crippen molar-refractivity contribution < 1.29 is 4.79 Å². The van der Waals surface area contributed by atoms with Gasteiger partial charge in [0, 0.05) is 29.1 Å². The van der Waals surface area contributed by atoms with Gasteiger partial charge in [-0.25, -0.2) is 0 Å². The van der Waals surface area contributed by atoms with E-state index in [9.17, 15) is 4.79 Å². The van der Waals surface area contributed by atoms with Crippen molar-refractivity contribution >= 4 is 17.2 Å². The Kier molecular flexibility index (Phi) is 5.91. The zero-order valence-corrected chi connectivity index (χ0v) is 19.2. The summed E-state index contributed by atoms with van der Waals surface area (Å²) in [7, 11) is 0. The lowest BCUT2D eigenvalue weighted by Crippen LogP contribution is -2.35. The summed E-state index contributed by atoms with van der Waals surface area (Å²) < 4.78 is 0. The number of carbonyl (C=O) groups excluding carboxylic acids is 1. The van der Waals surface area contributed by atoms with Gasteiger partial charge in [0.15, 0.2) is 0 Å². The van der Waals surface area contributed by atoms with E-state index in [1.54, 1.807) is 11.3 Å². The van der Waals surface area contributed by atoms with Crippen LogP contribution in [0.1, 0.15) is 34.5 Å². The van der Waals surface area contributed by atoms with E-state index in [0.29, 0.717) is 0 Å². The number of benzene rings is 3. The molecule has 5 rings (SSSR count). The number of likely N-dealkylation sites (tertiary alicyclic amines) is 1. The van der Waals surface area contributed by atoms with Crippen LogP contribution in [0, 0.1) is 6.92 Å². The van der Waals surface area contributed by atoms with Crippen molar-refractivity contribution in [2.75, 3.05) is 13.1 Å². The first kappa shape index (κ1) is 20.7. The maximum atomic E-state index is 13.8. The second-order valence-electron chi connectivity index (χ2n) is 8.46. The van der Waals surface area contributed by atoms with Gasteiger partial charge in [-0.1, -0.05) is 90.5 Å². The molecule has 1 amide bonds. The Bertz CT molecular complexity index is 1200. The van der Waals surface area contributed by atoms with Crippen molar-refractivity contribution in [3.05, 3.63) is 95.4 Å². The second kappa shape index (κ2) is 9.13. The van der Waals surface area contributed by atoms with E-state index in [1.807, 2.05) is 12.1 Å². The highest BCUT2D eigenvalue weighted by atomic mass is 32.1. The van der Waals surface area contributed by atoms with Gasteiger partial charge >= 0.3 is 0 Å². The standard InChI is InChI=1S/C29H27NOS/c1-21-15-17-24(18-16-21)27-25(22-11-5-2-6-12-22)26(23-13-7-3-8-14-23)28(32-27)29(31)30-19-9-4-10-20-30/h2-3,5-8,11-18H,4,9-10,19-20H2,1H3. The summed E-state index contributed by atoms with van der Waals surface area (Å²) in [6.45, 7) is 3.81. The maximum Gasteiger partial charge on any atom is 0.264 e. The van der Waals surface area contributed by atoms with Gasteiger partial charge in [-0.2, -0.15) is 0 Å². The topological polar surface area (TPSA) is 20.3 Å². The Balaban J connectivity index is 1.78. The predicted molar refractivity (Wildman–Crippen MR) is 135 cm³/mol. The van der Waals surface area contributed by atoms with E-state index in [-0.39, 0.29) is 5.91 Å². The summed E-state index contributed by atoms with van der Waals surface area (Å²) in [4.78, 5) is 17.9. The van der Waals surface area contributed by atoms with Crippen LogP contribution >= 0.6 is 11.3 Å². The second-order valence-corrected chi connectivity index (χ2v) is 9.48. The van der Waals surface area contributed by atoms with Gasteiger partial charge in [-0.15, -0.1) is 11.3 Å². The average molecular weight is 438 g/mol. The number of rotatable bonds is 4. The number of piperidine rings is 1. The summed E-state index contributed by atoms with van der Waals surface area (Å²) in [6, 6.07) is 29.6. The number of carbonyl (C=O) groups is 1. The molecule has 1 aliphatic rings. The minimum Gasteiger partial charge on any atom is -0.338 e. The lowest BCUT2D eigenvalue weighted by molar-refractivity contribution is 0.0730. The first-order chi connectivity index (χ1) is 15.7. The first-order valence-electron chi connectivity index (χ1n) is 11.4. The molecule has 0 N–H and O–H groups in total. The fourth-order valence-electron chi connectivity index (χ4n) is 4.49. The molecule has 0 atom stereocenters. The molecule has 0 saturated carbocycles. The van der Waals surface area contributed by atoms with Crippen molar-refractivity contribution in [3.8, 4) is 32.7 Å². The highest BCUT2D eigenvalue weighted by Crippen LogP contribution is 2.48. The largest absolute Gasteiger partial charge is 0.338 e. The molecule has 1 fully saturated rings. The molecule has 2 heterocycles. The average Bonchev–Trinajstić information content (AvgIpc) is 3.26. The molecule has 4 aromatic rings. The molecule has 0 bridgehead atoms. The van der Waals surface area contributed by atoms with E-state index in [4.69, 9.17) is 0 Å². The highest BCUT2D eigenvalue weighted by Gasteiger charge is 2.29. The van der Waals surface area contributed by atoms with Gasteiger partial charge in [-0.05, 0) is 42.9 Å². The molecule has 32 heavy (non-hydrogen) atoms. The van der Waals surface area contributed by atoms with Crippen molar-refractivity contribution in [1.82, 2.24) is 4.90 Å². The third kappa shape index (κ3) is 4.01. The first-order valence-corrected chi connectivity index (χ1v) is 12.2. The van der Waals surface area contributed by atoms with E-state index in [1.165, 1.54) is 12.0 Å². The summed E-state index contributed by atoms with van der Waals surface area (Å²) in [6.07, 6.45) is 3.39. The van der Waals surface area contributed by atoms with E-state index in [0.717, 1.165) is 63.5 Å². The highest BCUT2D eigenvalue weighted by molar-refractivity contribution is 7.18. The summed E-state index contributed by atoms with van der Waals surface area (Å²) >= 11 is 1.65. The van der Waals surface area contributed by atoms with Gasteiger partial charge in [-0.3, -0.25) is 4.79 Å². The zero-order chi connectivity index (χ0) is 21.9. The number of aryl methyl sites for hydroxylation is 1. The van der Waals surface area contributed by atoms with E-state index >= 15 is 0 Å². The molecule has 0 spiro atoms. The smallest absolute Gasteiger partial charge is 0.264 e. The number of hydrogen-bond acceptors (Lipinski definition) is 2. The Morgan fingerprint density at radius 2 is 1.25 bits per heavy atom. The summed E-state index contributed by atoms with van der Waals surface area (Å²) in [5.74, 6) is 0.170. The lowest BCUT2D eigenvalue weighted by Gasteiger charge is -2.26. The molecule has 0 radical (unpaired) electrons. The molecule has 160 valence electrons. The van der Waals surface area contributed by atoms with Crippen LogP contribution in [0.5, 0.6) is 0 Å². The van der Waals surface area contributed by atoms with Gasteiger partial charge in [0.05, 0.1) is 0 Å². The van der Waals surface area contributed by atoms with Gasteiger partial charge < -0.3 is 4.90 Å². The molecular formula is C29H27NOS. The van der Waals surface area contributed by atoms with Crippen LogP contribution in [0.2, 0.25) is 0 Å². The molecule has 1 aromatic heterocycles. The number of nitrogens with zero attached hydrogens (tertiary/aromatic N) is 1. The van der Waals surface area contributed by atoms with Crippen LogP contribution in [-0.2, 0) is 0 Å². The Morgan fingerprint density at radius 3 is 1.84 bits per heavy atom. The Labute approximate surface area is 194 Å². The molecular weight excluding hydrogens is 410 g/mol. The monoisotopic (exact) mass is 437 g/mol. The Hall–Kier alpha value is -3.17. The van der Waals surface area contributed by atoms with E-state index in [2.05, 4.69) is 84.6 Å². The molecule has 3 heteroatoms. The number of hydrogen-bond donors (Lipinski definition) is 0. The third-order valence-electron chi connectivity index (χ3n) is 6.18. The molecule has 1 aliphatic heterocycles. The SMILES string of the molecule is Cc1ccc(-c2sc(C(=O)N3CCCCC3)c(-c3ccccc3)c2-c2ccccc2)cc1. The molecule has 3 aromatic carbocycles. The van der Waals surface area contributed by atoms with Gasteiger partial charge in [0.2, 0.25) is 0 Å². The van der Waals surface area contributed by atoms with Crippen molar-refractivity contribution in [2.24, 2.45) is 0 Å². The van der Waals surface area contributed by atoms with Gasteiger partial charge in [0.1, 0.15) is 4.88 Å². The van der Waals surface area contributed by atoms with Crippen LogP contribution < -0.4 is 0 Å². The Morgan fingerprint density at radius 1 is 0.688 bits per heavy atom.